The number of fused-ring (bicyclic) bond motifs is 6. The molecule has 4 heteroatoms. The van der Waals surface area contributed by atoms with E-state index in [0.717, 1.165) is 48.2 Å². The van der Waals surface area contributed by atoms with Gasteiger partial charge < -0.3 is 0 Å². The minimum Gasteiger partial charge on any atom is -0.166 e. The molecule has 0 nitrogen and oxygen atoms in total. The molecule has 0 aliphatic carbocycles. The number of alkyl halides is 3. The zero-order valence-electron chi connectivity index (χ0n) is 20.8. The van der Waals surface area contributed by atoms with E-state index in [1.165, 1.54) is 22.9 Å². The summed E-state index contributed by atoms with van der Waals surface area (Å²) in [5.41, 5.74) is -0.632. The molecule has 7 aromatic rings. The highest BCUT2D eigenvalue weighted by Crippen LogP contribution is 2.42. The van der Waals surface area contributed by atoms with Gasteiger partial charge in [-0.2, -0.15) is 13.2 Å². The van der Waals surface area contributed by atoms with Gasteiger partial charge in [-0.1, -0.05) is 109 Å². The van der Waals surface area contributed by atoms with E-state index in [1.807, 2.05) is 48.5 Å². The van der Waals surface area contributed by atoms with Crippen LogP contribution in [0, 0.1) is 0 Å². The molecule has 0 unspecified atom stereocenters. The summed E-state index contributed by atoms with van der Waals surface area (Å²) in [4.78, 5) is 0. The predicted octanol–water partition coefficient (Wildman–Crippen LogP) is 9.08. The first-order valence-electron chi connectivity index (χ1n) is 12.8. The second-order valence-electron chi connectivity index (χ2n) is 9.70. The molecule has 0 atom stereocenters. The summed E-state index contributed by atoms with van der Waals surface area (Å²) >= 11 is 0. The summed E-state index contributed by atoms with van der Waals surface area (Å²) in [7, 11) is -1.21. The van der Waals surface area contributed by atoms with Gasteiger partial charge in [-0.15, -0.1) is 0 Å². The van der Waals surface area contributed by atoms with Gasteiger partial charge in [-0.25, -0.2) is 0 Å². The monoisotopic (exact) mass is 530 g/mol. The number of hydrogen-bond acceptors (Lipinski definition) is 0. The van der Waals surface area contributed by atoms with E-state index in [9.17, 15) is 13.2 Å². The van der Waals surface area contributed by atoms with Crippen LogP contribution in [-0.2, 0) is 6.18 Å². The summed E-state index contributed by atoms with van der Waals surface area (Å²) in [6.45, 7) is 0. The van der Waals surface area contributed by atoms with Gasteiger partial charge in [-0.3, -0.25) is 0 Å². The predicted molar refractivity (Wildman–Crippen MR) is 160 cm³/mol. The maximum absolute atomic E-state index is 13.5. The van der Waals surface area contributed by atoms with Crippen molar-refractivity contribution in [3.8, 4) is 0 Å². The molecule has 0 radical (unpaired) electrons. The topological polar surface area (TPSA) is 0 Å². The van der Waals surface area contributed by atoms with E-state index in [1.54, 1.807) is 12.1 Å². The molecule has 0 bridgehead atoms. The van der Waals surface area contributed by atoms with Crippen LogP contribution in [0.15, 0.2) is 133 Å². The smallest absolute Gasteiger partial charge is 0.166 e. The Hall–Kier alpha value is -4.20. The molecule has 0 fully saturated rings. The van der Waals surface area contributed by atoms with Crippen LogP contribution in [0.2, 0.25) is 0 Å². The van der Waals surface area contributed by atoms with Crippen molar-refractivity contribution in [2.45, 2.75) is 6.18 Å². The lowest BCUT2D eigenvalue weighted by Crippen LogP contribution is -2.23. The first-order valence-corrected chi connectivity index (χ1v) is 14.1. The van der Waals surface area contributed by atoms with Crippen molar-refractivity contribution in [2.24, 2.45) is 0 Å². The first kappa shape index (κ1) is 23.9. The number of hydrogen-bond donors (Lipinski definition) is 0. The Morgan fingerprint density at radius 1 is 0.410 bits per heavy atom. The Morgan fingerprint density at radius 2 is 0.795 bits per heavy atom. The van der Waals surface area contributed by atoms with Crippen LogP contribution in [0.1, 0.15) is 5.56 Å². The van der Waals surface area contributed by atoms with E-state index < -0.39 is 19.7 Å². The molecule has 0 saturated heterocycles. The molecule has 0 heterocycles. The largest absolute Gasteiger partial charge is 0.416 e. The number of rotatable bonds is 3. The number of benzene rings is 7. The average Bonchev–Trinajstić information content (AvgIpc) is 2.97. The third-order valence-electron chi connectivity index (χ3n) is 7.43. The summed E-state index contributed by atoms with van der Waals surface area (Å²) < 4.78 is 40.6. The maximum Gasteiger partial charge on any atom is 0.416 e. The molecule has 7 aromatic carbocycles. The molecule has 0 saturated carbocycles. The minimum absolute atomic E-state index is 0.632. The quantitative estimate of drug-likeness (QED) is 0.158. The lowest BCUT2D eigenvalue weighted by molar-refractivity contribution is -0.137. The molecular formula is C35H22F3P. The molecule has 0 N–H and O–H groups in total. The van der Waals surface area contributed by atoms with Crippen molar-refractivity contribution in [3.63, 3.8) is 0 Å². The summed E-state index contributed by atoms with van der Waals surface area (Å²) in [5.74, 6) is 0. The maximum atomic E-state index is 13.5. The Morgan fingerprint density at radius 3 is 1.23 bits per heavy atom. The van der Waals surface area contributed by atoms with Crippen LogP contribution in [0.5, 0.6) is 0 Å². The van der Waals surface area contributed by atoms with E-state index in [4.69, 9.17) is 0 Å². The van der Waals surface area contributed by atoms with Crippen LogP contribution in [0.3, 0.4) is 0 Å². The van der Waals surface area contributed by atoms with Crippen molar-refractivity contribution in [1.29, 1.82) is 0 Å². The van der Waals surface area contributed by atoms with Gasteiger partial charge in [0.05, 0.1) is 5.56 Å². The molecule has 188 valence electrons. The molecule has 0 aliphatic rings. The van der Waals surface area contributed by atoms with Gasteiger partial charge in [0, 0.05) is 0 Å². The Balaban J connectivity index is 1.61. The normalized spacial score (nSPS) is 12.2. The first-order chi connectivity index (χ1) is 19.0. The van der Waals surface area contributed by atoms with Crippen molar-refractivity contribution in [2.75, 3.05) is 0 Å². The molecule has 0 spiro atoms. The van der Waals surface area contributed by atoms with Gasteiger partial charge >= 0.3 is 6.18 Å². The zero-order chi connectivity index (χ0) is 26.6. The third-order valence-corrected chi connectivity index (χ3v) is 9.95. The standard InChI is InChI=1S/C35H22F3P/c36-35(37,38)25-17-19-26(20-18-25)39(33-21-23-9-1-3-11-27(23)29-13-5-7-15-31(29)33)34-22-24-10-2-4-12-28(24)30-14-6-8-16-32(30)34/h1-22H. The van der Waals surface area contributed by atoms with Crippen LogP contribution >= 0.6 is 7.92 Å². The van der Waals surface area contributed by atoms with E-state index in [2.05, 4.69) is 60.7 Å². The van der Waals surface area contributed by atoms with Gasteiger partial charge in [0.15, 0.2) is 0 Å². The average molecular weight is 531 g/mol. The Kier molecular flexibility index (Phi) is 5.65. The fourth-order valence-corrected chi connectivity index (χ4v) is 8.32. The molecule has 7 rings (SSSR count). The van der Waals surface area contributed by atoms with Crippen molar-refractivity contribution in [1.82, 2.24) is 0 Å². The lowest BCUT2D eigenvalue weighted by Gasteiger charge is -2.25. The van der Waals surface area contributed by atoms with Crippen molar-refractivity contribution in [3.05, 3.63) is 139 Å². The van der Waals surface area contributed by atoms with E-state index in [0.29, 0.717) is 0 Å². The lowest BCUT2D eigenvalue weighted by atomic mass is 10.0. The van der Waals surface area contributed by atoms with Crippen molar-refractivity contribution >= 4 is 66.9 Å². The summed E-state index contributed by atoms with van der Waals surface area (Å²) in [5, 5.41) is 12.3. The van der Waals surface area contributed by atoms with E-state index >= 15 is 0 Å². The van der Waals surface area contributed by atoms with Crippen molar-refractivity contribution < 1.29 is 13.2 Å². The molecule has 0 amide bonds. The molecule has 0 aliphatic heterocycles. The van der Waals surface area contributed by atoms with Gasteiger partial charge in [0.1, 0.15) is 0 Å². The van der Waals surface area contributed by atoms with Gasteiger partial charge in [0.2, 0.25) is 0 Å². The molecule has 0 aromatic heterocycles. The zero-order valence-corrected chi connectivity index (χ0v) is 21.7. The second-order valence-corrected chi connectivity index (χ2v) is 11.9. The van der Waals surface area contributed by atoms with Crippen LogP contribution in [-0.4, -0.2) is 0 Å². The highest BCUT2D eigenvalue weighted by molar-refractivity contribution is 7.80. The fraction of sp³-hybridized carbons (Fsp3) is 0.0286. The van der Waals surface area contributed by atoms with E-state index in [-0.39, 0.29) is 0 Å². The van der Waals surface area contributed by atoms with Gasteiger partial charge in [-0.05, 0) is 91.2 Å². The van der Waals surface area contributed by atoms with Crippen LogP contribution in [0.4, 0.5) is 13.2 Å². The third kappa shape index (κ3) is 4.06. The summed E-state index contributed by atoms with van der Waals surface area (Å²) in [6, 6.07) is 43.6. The SMILES string of the molecule is FC(F)(F)c1ccc(P(c2cc3ccccc3c3ccccc23)c2cc3ccccc3c3ccccc23)cc1. The number of halogens is 3. The Bertz CT molecular complexity index is 1890. The fourth-order valence-electron chi connectivity index (χ4n) is 5.65. The summed E-state index contributed by atoms with van der Waals surface area (Å²) in [6.07, 6.45) is -4.38. The Labute approximate surface area is 225 Å². The van der Waals surface area contributed by atoms with Gasteiger partial charge in [0.25, 0.3) is 0 Å². The molecule has 39 heavy (non-hydrogen) atoms. The second kappa shape index (κ2) is 9.22. The highest BCUT2D eigenvalue weighted by Gasteiger charge is 2.31. The highest BCUT2D eigenvalue weighted by atomic mass is 31.1. The van der Waals surface area contributed by atoms with Crippen LogP contribution < -0.4 is 15.9 Å². The van der Waals surface area contributed by atoms with Crippen LogP contribution in [0.25, 0.3) is 43.1 Å². The minimum atomic E-state index is -4.38. The molecular weight excluding hydrogens is 508 g/mol.